The fourth-order valence-electron chi connectivity index (χ4n) is 31.1. The Hall–Kier alpha value is -15.6. The molecule has 0 N–H and O–H groups in total. The topological polar surface area (TPSA) is 19.4 Å². The lowest BCUT2D eigenvalue weighted by Gasteiger charge is -2.58. The SMILES string of the molecule is CC1=CC2=C(B3C4=C(N5C6=C(B7C8=C(N9C%10=C(B%11C%12=C(N2c2c3c5c7c9c2%11)C(C)(C)C(c2ccccc2)=C%12)C(C)(C)C(c2ccc(C3=C\C=C/C5=C(/C=C\3)N3C7=C(\C=C/C=C\C=C/7)B7C9=C(\C=C/C=C\C=C/9)N9C%11=C(\C=C/C=C\C=C/%11)B%11C%12=C(\C=C/C=C\C=C/%12)N%12C%13=C(\C=C/C=C\C=C/%13)B5c5c%12c%11c9c7c53)cc2)=C%10)C(C)(C)C(c2ccccc2)=C8)C(C)(C)C(c2ccccc2)=C6)C(C)(C)C(c2ccccc2)=C4)C1(C)C. The second-order valence-corrected chi connectivity index (χ2v) is 46.3. The molecule has 684 valence electrons. The summed E-state index contributed by atoms with van der Waals surface area (Å²) in [6, 6.07) is 55.8. The quantitative estimate of drug-likeness (QED) is 0.154. The van der Waals surface area contributed by atoms with Gasteiger partial charge in [-0.25, -0.2) is 0 Å². The average molecular weight is 1850 g/mol. The van der Waals surface area contributed by atoms with Crippen LogP contribution in [0.4, 0.5) is 34.1 Å². The Labute approximate surface area is 854 Å². The van der Waals surface area contributed by atoms with Gasteiger partial charge in [-0.2, -0.15) is 0 Å². The minimum atomic E-state index is -0.538. The average Bonchev–Trinajstić information content (AvgIpc) is 1.48. The molecule has 12 aliphatic heterocycles. The molecule has 0 saturated heterocycles. The minimum absolute atomic E-state index is 0.0738. The van der Waals surface area contributed by atoms with Crippen molar-refractivity contribution in [2.75, 3.05) is 29.4 Å². The van der Waals surface area contributed by atoms with Gasteiger partial charge in [0.25, 0.3) is 20.1 Å². The van der Waals surface area contributed by atoms with Crippen LogP contribution in [0.5, 0.6) is 0 Å². The van der Waals surface area contributed by atoms with Crippen LogP contribution in [0.15, 0.2) is 534 Å². The first kappa shape index (κ1) is 83.9. The Balaban J connectivity index is 0.618. The highest BCUT2D eigenvalue weighted by molar-refractivity contribution is 7.02. The van der Waals surface area contributed by atoms with E-state index in [0.29, 0.717) is 0 Å². The summed E-state index contributed by atoms with van der Waals surface area (Å²) < 4.78 is 0. The first-order valence-corrected chi connectivity index (χ1v) is 52.5. The van der Waals surface area contributed by atoms with Gasteiger partial charge in [0.1, 0.15) is 0 Å². The number of nitrogens with zero attached hydrogens (tertiary/aromatic N) is 6. The molecule has 0 aromatic heterocycles. The van der Waals surface area contributed by atoms with Gasteiger partial charge in [0.15, 0.2) is 0 Å². The van der Waals surface area contributed by atoms with Crippen LogP contribution in [-0.2, 0) is 0 Å². The Morgan fingerprint density at radius 3 is 0.738 bits per heavy atom. The molecule has 7 aromatic rings. The summed E-state index contributed by atoms with van der Waals surface area (Å²) >= 11 is 0. The molecule has 0 spiro atoms. The summed E-state index contributed by atoms with van der Waals surface area (Å²) in [6.07, 6.45) is 97.3. The highest BCUT2D eigenvalue weighted by atomic mass is 15.3. The Kier molecular flexibility index (Phi) is 16.7. The van der Waals surface area contributed by atoms with E-state index in [1.807, 2.05) is 0 Å². The van der Waals surface area contributed by atoms with Crippen molar-refractivity contribution in [3.8, 4) is 0 Å². The van der Waals surface area contributed by atoms with E-state index in [2.05, 4.69) is 514 Å². The van der Waals surface area contributed by atoms with Gasteiger partial charge in [0, 0.05) is 135 Å². The van der Waals surface area contributed by atoms with Gasteiger partial charge in [-0.1, -0.05) is 445 Å². The molecule has 7 aromatic carbocycles. The molecular formula is C133H104B6N6. The Morgan fingerprint density at radius 2 is 0.428 bits per heavy atom. The molecule has 12 aliphatic carbocycles. The predicted octanol–water partition coefficient (Wildman–Crippen LogP) is 25.6. The number of hydrogen-bond acceptors (Lipinski definition) is 6. The van der Waals surface area contributed by atoms with Crippen molar-refractivity contribution in [1.82, 2.24) is 0 Å². The summed E-state index contributed by atoms with van der Waals surface area (Å²) in [5.74, 6) is 0. The smallest absolute Gasteiger partial charge is 0.252 e. The second kappa shape index (κ2) is 28.9. The van der Waals surface area contributed by atoms with Crippen LogP contribution < -0.4 is 62.2 Å². The van der Waals surface area contributed by atoms with Crippen molar-refractivity contribution in [3.05, 3.63) is 568 Å². The van der Waals surface area contributed by atoms with Crippen LogP contribution in [0.2, 0.25) is 0 Å². The maximum absolute atomic E-state index is 2.97. The number of anilines is 6. The Morgan fingerprint density at radius 1 is 0.186 bits per heavy atom. The molecule has 31 rings (SSSR count). The van der Waals surface area contributed by atoms with Gasteiger partial charge in [-0.3, -0.25) is 0 Å². The van der Waals surface area contributed by atoms with Crippen molar-refractivity contribution in [2.24, 2.45) is 32.5 Å². The van der Waals surface area contributed by atoms with Gasteiger partial charge in [0.2, 0.25) is 20.1 Å². The number of rotatable bonds is 6. The van der Waals surface area contributed by atoms with Crippen LogP contribution in [0.3, 0.4) is 0 Å². The lowest BCUT2D eigenvalue weighted by molar-refractivity contribution is 0.565. The molecule has 0 saturated carbocycles. The van der Waals surface area contributed by atoms with E-state index in [4.69, 9.17) is 0 Å². The first-order valence-electron chi connectivity index (χ1n) is 52.5. The van der Waals surface area contributed by atoms with E-state index >= 15 is 0 Å². The summed E-state index contributed by atoms with van der Waals surface area (Å²) in [5.41, 5.74) is 62.4. The van der Waals surface area contributed by atoms with Crippen LogP contribution in [0, 0.1) is 32.5 Å². The van der Waals surface area contributed by atoms with Crippen molar-refractivity contribution in [2.45, 2.75) is 90.0 Å². The third kappa shape index (κ3) is 10.5. The van der Waals surface area contributed by atoms with Gasteiger partial charge in [-0.05, 0) is 210 Å². The normalized spacial score (nSPS) is 27.1. The second-order valence-electron chi connectivity index (χ2n) is 46.3. The maximum Gasteiger partial charge on any atom is 0.252 e. The molecule has 6 nitrogen and oxygen atoms in total. The summed E-state index contributed by atoms with van der Waals surface area (Å²) in [5, 5.41) is 0. The summed E-state index contributed by atoms with van der Waals surface area (Å²) in [7, 11) is 0. The number of allylic oxidation sites excluding steroid dienone is 60. The molecule has 0 unspecified atom stereocenters. The standard InChI is InChI=1S/C133H104B6N6/c1-79-73-107-122(128(79,2)3)137-98-74-87(82-47-28-24-29-48-82)132(10,11)126(98)144-108-77-90(85-53-34-27-35-54-85)129(4,5)123(108)139-100-76-89(84-51-32-26-33-52-84)133(12,13)127(100)145-109-78-91(130(6,7)124(109)138-99-75-88(83-49-30-25-31-50-83)131(8,9)125(99)143(107)119-113(137)120(144)115(139)121(145)114(119)138)86-69-67-81(68-70-86)80-55-46-61-97-106(72-71-80)142-105-66-45-23-18-40-60-96(105)135-94-58-38-16-21-43-64-103(94)140-101-62-41-19-14-36-56-92(101)134-93-57-37-15-20-42-63-102(93)141-104-65-44-22-17-39-59-95(104)136(97)112-117(141)110(134)116(140)111(135)118(112)142/h14-78H,1-13H3/b19-14-,20-15-,21-16-,22-17-,23-18-,36-14?,37-15?,38-16?,39-17?,40-18?,41-19?,42-20?,43-21?,44-22?,45-23?,55-46?,56-36-,57-37-,58-38-,59-39-,60-40-,61-46-,62-41-,63-42-,64-43-,65-44-,66-45-,72-71-,80-55-,80-71?,92-56?,93-57?,94-58?,95-59?,96-60?,97-61?,101-62?,102-63?,103-64?,104-65?,105-66?,106-72?. The zero-order valence-corrected chi connectivity index (χ0v) is 84.2. The summed E-state index contributed by atoms with van der Waals surface area (Å²) in [4.78, 5) is 17.0. The monoisotopic (exact) mass is 1850 g/mol. The fourth-order valence-corrected chi connectivity index (χ4v) is 31.1. The van der Waals surface area contributed by atoms with E-state index in [1.165, 1.54) is 262 Å². The van der Waals surface area contributed by atoms with Crippen LogP contribution >= 0.6 is 0 Å². The molecule has 145 heavy (non-hydrogen) atoms. The molecular weight excluding hydrogens is 1750 g/mol. The Bertz CT molecular complexity index is 8790. The van der Waals surface area contributed by atoms with Gasteiger partial charge in [0.05, 0.1) is 0 Å². The molecule has 0 radical (unpaired) electrons. The van der Waals surface area contributed by atoms with E-state index < -0.39 is 27.1 Å². The van der Waals surface area contributed by atoms with E-state index in [-0.39, 0.29) is 45.7 Å². The molecule has 0 fully saturated rings. The molecule has 0 atom stereocenters. The van der Waals surface area contributed by atoms with Crippen molar-refractivity contribution in [1.29, 1.82) is 0 Å². The molecule has 12 heterocycles. The zero-order chi connectivity index (χ0) is 97.2. The van der Waals surface area contributed by atoms with Crippen molar-refractivity contribution >= 4 is 141 Å². The van der Waals surface area contributed by atoms with E-state index in [9.17, 15) is 0 Å². The lowest BCUT2D eigenvalue weighted by Crippen LogP contribution is -2.68. The maximum atomic E-state index is 2.97. The zero-order valence-electron chi connectivity index (χ0n) is 84.2. The van der Waals surface area contributed by atoms with Gasteiger partial charge < -0.3 is 29.4 Å². The number of fused-ring (bicyclic) bond motifs is 24. The molecule has 24 aliphatic rings. The van der Waals surface area contributed by atoms with E-state index in [1.54, 1.807) is 0 Å². The van der Waals surface area contributed by atoms with Crippen molar-refractivity contribution < 1.29 is 0 Å². The van der Waals surface area contributed by atoms with Crippen molar-refractivity contribution in [3.63, 3.8) is 0 Å². The summed E-state index contributed by atoms with van der Waals surface area (Å²) in [6.45, 7) is 32.7. The van der Waals surface area contributed by atoms with Gasteiger partial charge >= 0.3 is 0 Å². The predicted molar refractivity (Wildman–Crippen MR) is 616 cm³/mol. The lowest BCUT2D eigenvalue weighted by atomic mass is 9.22. The highest BCUT2D eigenvalue weighted by Gasteiger charge is 2.69. The minimum Gasteiger partial charge on any atom is -0.316 e. The largest absolute Gasteiger partial charge is 0.316 e. The third-order valence-electron chi connectivity index (χ3n) is 37.2. The van der Waals surface area contributed by atoms with Crippen LogP contribution in [0.25, 0.3) is 33.4 Å². The fraction of sp³-hybridized carbons (Fsp3) is 0.143. The first-order chi connectivity index (χ1) is 70.6. The van der Waals surface area contributed by atoms with Gasteiger partial charge in [-0.15, -0.1) is 0 Å². The molecule has 0 bridgehead atoms. The molecule has 12 heteroatoms. The third-order valence-corrected chi connectivity index (χ3v) is 37.2. The molecule has 0 amide bonds. The number of hydrogen-bond donors (Lipinski definition) is 0. The highest BCUT2D eigenvalue weighted by Crippen LogP contribution is 2.71. The van der Waals surface area contributed by atoms with E-state index in [0.717, 1.165) is 11.1 Å². The number of benzene rings is 7. The van der Waals surface area contributed by atoms with Crippen LogP contribution in [0.1, 0.15) is 123 Å². The van der Waals surface area contributed by atoms with Crippen LogP contribution in [-0.4, -0.2) is 40.3 Å².